The summed E-state index contributed by atoms with van der Waals surface area (Å²) >= 11 is 1.49. The van der Waals surface area contributed by atoms with Gasteiger partial charge in [0.25, 0.3) is 0 Å². The van der Waals surface area contributed by atoms with Gasteiger partial charge < -0.3 is 11.1 Å². The average molecular weight is 168 g/mol. The second-order valence-electron chi connectivity index (χ2n) is 1.80. The zero-order valence-corrected chi connectivity index (χ0v) is 6.56. The highest BCUT2D eigenvalue weighted by Gasteiger charge is 1.86. The lowest BCUT2D eigenvalue weighted by atomic mass is 10.6. The molecule has 0 saturated heterocycles. The number of hydrogen-bond acceptors (Lipinski definition) is 4. The minimum absolute atomic E-state index is 0.0296. The Morgan fingerprint density at radius 2 is 2.64 bits per heavy atom. The number of aromatic nitrogens is 1. The Balaban J connectivity index is 2.40. The molecule has 1 heterocycles. The van der Waals surface area contributed by atoms with E-state index in [-0.39, 0.29) is 5.84 Å². The van der Waals surface area contributed by atoms with Crippen molar-refractivity contribution in [2.75, 3.05) is 5.32 Å². The molecule has 0 aromatic carbocycles. The molecule has 11 heavy (non-hydrogen) atoms. The normalized spacial score (nSPS) is 10.2. The monoisotopic (exact) mass is 168 g/mol. The average Bonchev–Trinajstić information content (AvgIpc) is 2.39. The van der Waals surface area contributed by atoms with Crippen LogP contribution < -0.4 is 11.1 Å². The molecular formula is C6H8N4S. The number of anilines is 1. The van der Waals surface area contributed by atoms with Crippen LogP contribution in [0.3, 0.4) is 0 Å². The van der Waals surface area contributed by atoms with Crippen molar-refractivity contribution in [1.29, 1.82) is 5.41 Å². The van der Waals surface area contributed by atoms with E-state index in [0.717, 1.165) is 5.00 Å². The summed E-state index contributed by atoms with van der Waals surface area (Å²) in [5, 5.41) is 10.7. The van der Waals surface area contributed by atoms with Gasteiger partial charge in [-0.1, -0.05) is 0 Å². The molecule has 0 unspecified atom stereocenters. The van der Waals surface area contributed by atoms with Crippen LogP contribution in [-0.2, 0) is 0 Å². The first-order chi connectivity index (χ1) is 5.29. The molecule has 0 fully saturated rings. The first-order valence-corrected chi connectivity index (χ1v) is 3.82. The fourth-order valence-electron chi connectivity index (χ4n) is 0.501. The molecule has 1 rings (SSSR count). The Morgan fingerprint density at radius 3 is 3.18 bits per heavy atom. The maximum Gasteiger partial charge on any atom is 0.116 e. The smallest absolute Gasteiger partial charge is 0.116 e. The van der Waals surface area contributed by atoms with Crippen LogP contribution >= 0.6 is 11.3 Å². The van der Waals surface area contributed by atoms with Crippen LogP contribution in [0.5, 0.6) is 0 Å². The van der Waals surface area contributed by atoms with E-state index < -0.39 is 0 Å². The molecule has 0 spiro atoms. The van der Waals surface area contributed by atoms with Crippen molar-refractivity contribution in [2.24, 2.45) is 5.73 Å². The molecule has 4 nitrogen and oxygen atoms in total. The van der Waals surface area contributed by atoms with Crippen molar-refractivity contribution < 1.29 is 0 Å². The van der Waals surface area contributed by atoms with Crippen molar-refractivity contribution in [3.05, 3.63) is 24.0 Å². The Kier molecular flexibility index (Phi) is 2.62. The van der Waals surface area contributed by atoms with Crippen molar-refractivity contribution in [1.82, 2.24) is 4.98 Å². The molecule has 0 aliphatic heterocycles. The standard InChI is InChI=1S/C6H8N4S/c7-5(8)1-2-10-6-3-9-4-11-6/h1-4,10H,(H3,7,8)/b2-1-. The van der Waals surface area contributed by atoms with Gasteiger partial charge in [0, 0.05) is 6.20 Å². The molecule has 1 aromatic rings. The van der Waals surface area contributed by atoms with Gasteiger partial charge in [0.05, 0.1) is 11.7 Å². The van der Waals surface area contributed by atoms with Crippen LogP contribution in [0.25, 0.3) is 0 Å². The predicted molar refractivity (Wildman–Crippen MR) is 46.8 cm³/mol. The number of rotatable bonds is 3. The highest BCUT2D eigenvalue weighted by molar-refractivity contribution is 7.13. The summed E-state index contributed by atoms with van der Waals surface area (Å²) in [5.41, 5.74) is 6.80. The van der Waals surface area contributed by atoms with Crippen LogP contribution in [0.1, 0.15) is 0 Å². The van der Waals surface area contributed by atoms with E-state index in [1.54, 1.807) is 17.9 Å². The lowest BCUT2D eigenvalue weighted by Crippen LogP contribution is -2.05. The van der Waals surface area contributed by atoms with Crippen LogP contribution in [0.2, 0.25) is 0 Å². The number of nitrogens with zero attached hydrogens (tertiary/aromatic N) is 1. The zero-order chi connectivity index (χ0) is 8.10. The van der Waals surface area contributed by atoms with Gasteiger partial charge in [0.2, 0.25) is 0 Å². The van der Waals surface area contributed by atoms with Gasteiger partial charge in [-0.05, 0) is 6.08 Å². The third-order valence-corrected chi connectivity index (χ3v) is 1.63. The van der Waals surface area contributed by atoms with Crippen molar-refractivity contribution >= 4 is 22.2 Å². The summed E-state index contributed by atoms with van der Waals surface area (Å²) in [6, 6.07) is 0. The topological polar surface area (TPSA) is 74.8 Å². The first kappa shape index (κ1) is 7.74. The molecule has 58 valence electrons. The summed E-state index contributed by atoms with van der Waals surface area (Å²) in [6.45, 7) is 0. The molecular weight excluding hydrogens is 160 g/mol. The summed E-state index contributed by atoms with van der Waals surface area (Å²) in [5.74, 6) is 0.0296. The molecule has 0 aliphatic rings. The Labute approximate surface area is 68.3 Å². The maximum atomic E-state index is 6.86. The summed E-state index contributed by atoms with van der Waals surface area (Å²) < 4.78 is 0. The minimum Gasteiger partial charge on any atom is -0.384 e. The van der Waals surface area contributed by atoms with Gasteiger partial charge >= 0.3 is 0 Å². The van der Waals surface area contributed by atoms with Crippen LogP contribution in [-0.4, -0.2) is 10.8 Å². The minimum atomic E-state index is 0.0296. The highest BCUT2D eigenvalue weighted by atomic mass is 32.1. The first-order valence-electron chi connectivity index (χ1n) is 2.94. The van der Waals surface area contributed by atoms with E-state index in [9.17, 15) is 0 Å². The van der Waals surface area contributed by atoms with E-state index in [0.29, 0.717) is 0 Å². The molecule has 1 aromatic heterocycles. The Morgan fingerprint density at radius 1 is 1.82 bits per heavy atom. The third-order valence-electron chi connectivity index (χ3n) is 0.921. The van der Waals surface area contributed by atoms with Gasteiger partial charge in [-0.25, -0.2) is 0 Å². The van der Waals surface area contributed by atoms with E-state index in [2.05, 4.69) is 10.3 Å². The molecule has 4 N–H and O–H groups in total. The molecule has 0 amide bonds. The third kappa shape index (κ3) is 2.81. The van der Waals surface area contributed by atoms with Crippen molar-refractivity contribution in [3.8, 4) is 0 Å². The molecule has 0 aliphatic carbocycles. The summed E-state index contributed by atoms with van der Waals surface area (Å²) in [4.78, 5) is 3.86. The lowest BCUT2D eigenvalue weighted by molar-refractivity contribution is 1.42. The fourth-order valence-corrected chi connectivity index (χ4v) is 0.994. The SMILES string of the molecule is N=C(N)/C=C\Nc1cncs1. The van der Waals surface area contributed by atoms with E-state index >= 15 is 0 Å². The highest BCUT2D eigenvalue weighted by Crippen LogP contribution is 2.11. The number of amidine groups is 1. The fraction of sp³-hybridized carbons (Fsp3) is 0. The molecule has 0 atom stereocenters. The number of thiazole rings is 1. The summed E-state index contributed by atoms with van der Waals surface area (Å²) in [6.07, 6.45) is 4.78. The van der Waals surface area contributed by atoms with E-state index in [1.165, 1.54) is 17.4 Å². The zero-order valence-electron chi connectivity index (χ0n) is 5.74. The van der Waals surface area contributed by atoms with Crippen LogP contribution in [0.15, 0.2) is 24.0 Å². The van der Waals surface area contributed by atoms with Crippen molar-refractivity contribution in [2.45, 2.75) is 0 Å². The second kappa shape index (κ2) is 3.72. The van der Waals surface area contributed by atoms with Crippen LogP contribution in [0, 0.1) is 5.41 Å². The number of hydrogen-bond donors (Lipinski definition) is 3. The quantitative estimate of drug-likeness (QED) is 0.465. The van der Waals surface area contributed by atoms with Crippen LogP contribution in [0.4, 0.5) is 5.00 Å². The van der Waals surface area contributed by atoms with Gasteiger partial charge in [0.15, 0.2) is 0 Å². The van der Waals surface area contributed by atoms with Gasteiger partial charge in [-0.3, -0.25) is 10.4 Å². The maximum absolute atomic E-state index is 6.86. The molecule has 5 heteroatoms. The number of nitrogens with two attached hydrogens (primary N) is 1. The number of nitrogens with one attached hydrogen (secondary N) is 2. The van der Waals surface area contributed by atoms with Gasteiger partial charge in [-0.15, -0.1) is 11.3 Å². The summed E-state index contributed by atoms with van der Waals surface area (Å²) in [7, 11) is 0. The molecule has 0 radical (unpaired) electrons. The Bertz CT molecular complexity index is 252. The lowest BCUT2D eigenvalue weighted by Gasteiger charge is -1.91. The van der Waals surface area contributed by atoms with Crippen molar-refractivity contribution in [3.63, 3.8) is 0 Å². The van der Waals surface area contributed by atoms with Gasteiger partial charge in [0.1, 0.15) is 10.8 Å². The molecule has 0 bridgehead atoms. The van der Waals surface area contributed by atoms with Gasteiger partial charge in [-0.2, -0.15) is 0 Å². The molecule has 0 saturated carbocycles. The van der Waals surface area contributed by atoms with E-state index in [1.807, 2.05) is 0 Å². The Hall–Kier alpha value is -1.36. The second-order valence-corrected chi connectivity index (χ2v) is 2.69. The van der Waals surface area contributed by atoms with E-state index in [4.69, 9.17) is 11.1 Å². The largest absolute Gasteiger partial charge is 0.384 e. The predicted octanol–water partition coefficient (Wildman–Crippen LogP) is 1.00.